The fourth-order valence-corrected chi connectivity index (χ4v) is 9.67. The van der Waals surface area contributed by atoms with Gasteiger partial charge >= 0.3 is 27.6 Å². The lowest BCUT2D eigenvalue weighted by atomic mass is 9.52. The van der Waals surface area contributed by atoms with E-state index in [0.29, 0.717) is 63.0 Å². The number of alkyl halides is 3. The van der Waals surface area contributed by atoms with Gasteiger partial charge in [-0.15, -0.1) is 0 Å². The summed E-state index contributed by atoms with van der Waals surface area (Å²) < 4.78 is 76.4. The van der Waals surface area contributed by atoms with Crippen molar-refractivity contribution in [2.75, 3.05) is 37.1 Å². The number of aryl methyl sites for hydroxylation is 1. The first-order chi connectivity index (χ1) is 33.7. The lowest BCUT2D eigenvalue weighted by Gasteiger charge is -2.30. The van der Waals surface area contributed by atoms with E-state index in [4.69, 9.17) is 42.6 Å². The Balaban J connectivity index is 0.000000160. The summed E-state index contributed by atoms with van der Waals surface area (Å²) in [6, 6.07) is 33.7. The second kappa shape index (κ2) is 20.6. The molecule has 10 rings (SSSR count). The summed E-state index contributed by atoms with van der Waals surface area (Å²) in [5, 5.41) is 6.16. The standard InChI is InChI=1S/C25H21ClN2O2.C21H12ClF3N2O3S.C7H15BO2/c1-15(29)30-11-5-6-16-12-20-19-14-17(26)9-10-21(19)27-25-18-7-3-4-8-22(18)28(2)23(13-16)24(20)25;1-27-17-5-3-2-4-13(17)20-19-15(14-8-11(22)6-7-16(14)26-20)9-12(10-18(19)27)30-31(28,29)21(23,24)25;1-7(9)10-6-4-5-8(2)3/h3-4,7-10,12-14H,5-6,11H2,1-2H3;2-10H,1H3;4-6H2,1-3H3. The molecule has 71 heavy (non-hydrogen) atoms. The molecular formula is C53H48BCl2F3N4O7S. The zero-order valence-electron chi connectivity index (χ0n) is 39.7. The van der Waals surface area contributed by atoms with E-state index in [1.165, 1.54) is 31.5 Å². The van der Waals surface area contributed by atoms with E-state index in [9.17, 15) is 31.2 Å². The summed E-state index contributed by atoms with van der Waals surface area (Å²) in [4.78, 5) is 35.1. The van der Waals surface area contributed by atoms with Crippen molar-refractivity contribution in [3.8, 4) is 28.3 Å². The minimum absolute atomic E-state index is 0.177. The van der Waals surface area contributed by atoms with Crippen molar-refractivity contribution in [2.45, 2.75) is 58.6 Å². The molecule has 2 aliphatic rings. The number of fused-ring (bicyclic) bond motifs is 8. The van der Waals surface area contributed by atoms with Crippen molar-refractivity contribution in [2.24, 2.45) is 0 Å². The van der Waals surface area contributed by atoms with Gasteiger partial charge in [-0.05, 0) is 96.3 Å². The Morgan fingerprint density at radius 3 is 1.61 bits per heavy atom. The zero-order valence-corrected chi connectivity index (χ0v) is 42.0. The Labute approximate surface area is 419 Å². The van der Waals surface area contributed by atoms with Crippen LogP contribution in [0.3, 0.4) is 0 Å². The zero-order chi connectivity index (χ0) is 50.9. The topological polar surface area (TPSA) is 128 Å². The number of hydrogen-bond acceptors (Lipinski definition) is 11. The van der Waals surface area contributed by atoms with Crippen molar-refractivity contribution in [1.29, 1.82) is 0 Å². The molecule has 18 heteroatoms. The third-order valence-corrected chi connectivity index (χ3v) is 13.6. The predicted molar refractivity (Wildman–Crippen MR) is 280 cm³/mol. The maximum Gasteiger partial charge on any atom is 0.534 e. The number of anilines is 4. The van der Waals surface area contributed by atoms with Crippen molar-refractivity contribution in [3.63, 3.8) is 0 Å². The first kappa shape index (κ1) is 50.8. The van der Waals surface area contributed by atoms with E-state index in [1.54, 1.807) is 30.1 Å². The summed E-state index contributed by atoms with van der Waals surface area (Å²) in [5.41, 5.74) is 4.29. The lowest BCUT2D eigenvalue weighted by molar-refractivity contribution is -0.141. The summed E-state index contributed by atoms with van der Waals surface area (Å²) in [6.07, 6.45) is 3.72. The van der Waals surface area contributed by atoms with E-state index < -0.39 is 21.4 Å². The quantitative estimate of drug-likeness (QED) is 0.0324. The highest BCUT2D eigenvalue weighted by molar-refractivity contribution is 7.88. The SMILES string of the molecule is CB(C)CCCOC(C)=O.CC(=O)OCCCc1cc2c3c(nc4ccc(Cl)cc4c3c1)-c1ccccc1N2C.CN1c2ccccc2-c2nc3ccc(Cl)cc3c3cc(OS(=O)(=O)C(F)(F)F)cc1c23. The fourth-order valence-electron chi connectivity index (χ4n) is 8.88. The van der Waals surface area contributed by atoms with Crippen molar-refractivity contribution in [1.82, 2.24) is 9.97 Å². The van der Waals surface area contributed by atoms with Crippen LogP contribution in [0, 0.1) is 0 Å². The molecule has 366 valence electrons. The number of halogens is 5. The molecule has 0 spiro atoms. The number of rotatable bonds is 10. The normalized spacial score (nSPS) is 12.4. The van der Waals surface area contributed by atoms with Gasteiger partial charge in [-0.25, -0.2) is 9.97 Å². The molecule has 6 aromatic carbocycles. The highest BCUT2D eigenvalue weighted by Gasteiger charge is 2.48. The molecule has 2 aliphatic heterocycles. The molecule has 0 aliphatic carbocycles. The first-order valence-electron chi connectivity index (χ1n) is 22.8. The number of carbonyl (C=O) groups is 2. The molecule has 0 amide bonds. The van der Waals surface area contributed by atoms with Crippen LogP contribution >= 0.6 is 23.2 Å². The van der Waals surface area contributed by atoms with Crippen LogP contribution in [0.15, 0.2) is 109 Å². The summed E-state index contributed by atoms with van der Waals surface area (Å²) >= 11 is 12.5. The lowest BCUT2D eigenvalue weighted by Crippen LogP contribution is -2.28. The molecule has 0 saturated carbocycles. The minimum atomic E-state index is -5.84. The molecule has 0 N–H and O–H groups in total. The monoisotopic (exact) mass is 1020 g/mol. The number of benzene rings is 6. The van der Waals surface area contributed by atoms with Crippen LogP contribution in [0.1, 0.15) is 32.3 Å². The van der Waals surface area contributed by atoms with Gasteiger partial charge in [0, 0.05) is 76.7 Å². The number of hydrogen-bond donors (Lipinski definition) is 0. The molecule has 11 nitrogen and oxygen atoms in total. The molecule has 0 radical (unpaired) electrons. The van der Waals surface area contributed by atoms with Gasteiger partial charge in [0.1, 0.15) is 12.5 Å². The van der Waals surface area contributed by atoms with E-state index in [-0.39, 0.29) is 11.9 Å². The fraction of sp³-hybridized carbons (Fsp3) is 0.245. The highest BCUT2D eigenvalue weighted by atomic mass is 35.5. The van der Waals surface area contributed by atoms with Gasteiger partial charge in [-0.2, -0.15) is 21.6 Å². The van der Waals surface area contributed by atoms with E-state index in [1.807, 2.05) is 42.5 Å². The van der Waals surface area contributed by atoms with Gasteiger partial charge in [0.2, 0.25) is 0 Å². The number of pyridine rings is 2. The van der Waals surface area contributed by atoms with Crippen molar-refractivity contribution < 1.29 is 44.8 Å². The number of esters is 2. The average molecular weight is 1020 g/mol. The Morgan fingerprint density at radius 1 is 0.634 bits per heavy atom. The first-order valence-corrected chi connectivity index (χ1v) is 25.0. The van der Waals surface area contributed by atoms with Crippen LogP contribution in [0.25, 0.3) is 65.9 Å². The molecule has 0 saturated heterocycles. The number of aromatic nitrogens is 2. The van der Waals surface area contributed by atoms with Gasteiger partial charge in [-0.1, -0.05) is 85.6 Å². The Kier molecular flexibility index (Phi) is 14.7. The van der Waals surface area contributed by atoms with Crippen LogP contribution in [-0.2, 0) is 35.6 Å². The maximum atomic E-state index is 12.9. The molecule has 2 aromatic heterocycles. The Hall–Kier alpha value is -6.62. The van der Waals surface area contributed by atoms with Crippen molar-refractivity contribution >= 4 is 118 Å². The summed E-state index contributed by atoms with van der Waals surface area (Å²) in [6.45, 7) is 8.91. The van der Waals surface area contributed by atoms with Gasteiger partial charge in [-0.3, -0.25) is 9.59 Å². The van der Waals surface area contributed by atoms with E-state index in [2.05, 4.69) is 66.2 Å². The Morgan fingerprint density at radius 2 is 1.11 bits per heavy atom. The van der Waals surface area contributed by atoms with Gasteiger partial charge in [0.15, 0.2) is 0 Å². The molecule has 0 unspecified atom stereocenters. The molecule has 0 fully saturated rings. The van der Waals surface area contributed by atoms with Crippen LogP contribution in [0.4, 0.5) is 35.9 Å². The second-order valence-corrected chi connectivity index (χ2v) is 20.0. The third kappa shape index (κ3) is 10.7. The number of carbonyl (C=O) groups excluding carboxylic acids is 2. The molecule has 8 aromatic rings. The minimum Gasteiger partial charge on any atom is -0.466 e. The van der Waals surface area contributed by atoms with Gasteiger partial charge in [0.25, 0.3) is 0 Å². The largest absolute Gasteiger partial charge is 0.534 e. The third-order valence-electron chi connectivity index (χ3n) is 12.1. The van der Waals surface area contributed by atoms with E-state index in [0.717, 1.165) is 81.1 Å². The Bertz CT molecular complexity index is 3510. The molecule has 0 bridgehead atoms. The van der Waals surface area contributed by atoms with Crippen LogP contribution < -0.4 is 14.0 Å². The highest BCUT2D eigenvalue weighted by Crippen LogP contribution is 2.51. The van der Waals surface area contributed by atoms with Crippen molar-refractivity contribution in [3.05, 3.63) is 125 Å². The van der Waals surface area contributed by atoms with Crippen LogP contribution in [-0.4, -0.2) is 69.9 Å². The molecular weight excluding hydrogens is 975 g/mol. The molecule has 0 atom stereocenters. The van der Waals surface area contributed by atoms with Crippen LogP contribution in [0.2, 0.25) is 30.0 Å². The van der Waals surface area contributed by atoms with Gasteiger partial charge < -0.3 is 23.5 Å². The average Bonchev–Trinajstić information content (AvgIpc) is 3.32. The van der Waals surface area contributed by atoms with Gasteiger partial charge in [0.05, 0.1) is 58.4 Å². The number of nitrogens with zero attached hydrogens (tertiary/aromatic N) is 4. The van der Waals surface area contributed by atoms with E-state index >= 15 is 0 Å². The second-order valence-electron chi connectivity index (χ2n) is 17.6. The van der Waals surface area contributed by atoms with Crippen LogP contribution in [0.5, 0.6) is 5.75 Å². The number of para-hydroxylation sites is 2. The number of ether oxygens (including phenoxy) is 2. The summed E-state index contributed by atoms with van der Waals surface area (Å²) in [7, 11) is -2.00. The maximum absolute atomic E-state index is 12.9. The summed E-state index contributed by atoms with van der Waals surface area (Å²) in [5.74, 6) is -0.871. The molecule has 4 heterocycles. The predicted octanol–water partition coefficient (Wildman–Crippen LogP) is 14.0. The smallest absolute Gasteiger partial charge is 0.466 e.